The van der Waals surface area contributed by atoms with E-state index < -0.39 is 0 Å². The van der Waals surface area contributed by atoms with Crippen LogP contribution in [-0.4, -0.2) is 58.7 Å². The van der Waals surface area contributed by atoms with Crippen LogP contribution in [0.25, 0.3) is 10.9 Å². The number of rotatable bonds is 7. The number of aryl methyl sites for hydroxylation is 1. The molecule has 164 valence electrons. The molecule has 31 heavy (non-hydrogen) atoms. The van der Waals surface area contributed by atoms with Gasteiger partial charge in [-0.15, -0.1) is 0 Å². The molecule has 0 spiro atoms. The van der Waals surface area contributed by atoms with Crippen LogP contribution in [0.4, 0.5) is 5.95 Å². The molecule has 0 radical (unpaired) electrons. The molecule has 1 fully saturated rings. The SMILES string of the molecule is CCOC(=O)c1cnc(N2CCC(CN(C)Cc3cn(C)c4ccccc34)CC2)nc1. The Labute approximate surface area is 183 Å². The van der Waals surface area contributed by atoms with E-state index in [0.717, 1.165) is 39.0 Å². The number of fused-ring (bicyclic) bond motifs is 1. The van der Waals surface area contributed by atoms with Crippen molar-refractivity contribution in [1.82, 2.24) is 19.4 Å². The van der Waals surface area contributed by atoms with E-state index in [-0.39, 0.29) is 5.97 Å². The first-order valence-corrected chi connectivity index (χ1v) is 11.0. The van der Waals surface area contributed by atoms with E-state index in [1.165, 1.54) is 16.5 Å². The molecule has 1 aliphatic heterocycles. The van der Waals surface area contributed by atoms with E-state index in [1.54, 1.807) is 19.3 Å². The fourth-order valence-electron chi connectivity index (χ4n) is 4.47. The number of carbonyl (C=O) groups is 1. The van der Waals surface area contributed by atoms with Crippen molar-refractivity contribution in [2.75, 3.05) is 38.2 Å². The van der Waals surface area contributed by atoms with Crippen molar-refractivity contribution in [2.24, 2.45) is 13.0 Å². The largest absolute Gasteiger partial charge is 0.462 e. The van der Waals surface area contributed by atoms with Gasteiger partial charge in [0.15, 0.2) is 0 Å². The Kier molecular flexibility index (Phi) is 6.51. The molecule has 1 aliphatic rings. The molecule has 0 unspecified atom stereocenters. The van der Waals surface area contributed by atoms with Crippen LogP contribution in [0.1, 0.15) is 35.7 Å². The highest BCUT2D eigenvalue weighted by molar-refractivity contribution is 5.88. The highest BCUT2D eigenvalue weighted by Gasteiger charge is 2.23. The maximum Gasteiger partial charge on any atom is 0.341 e. The first-order valence-electron chi connectivity index (χ1n) is 11.0. The average molecular weight is 422 g/mol. The summed E-state index contributed by atoms with van der Waals surface area (Å²) in [6.07, 6.45) is 7.60. The lowest BCUT2D eigenvalue weighted by Crippen LogP contribution is -2.38. The third-order valence-corrected chi connectivity index (χ3v) is 6.04. The summed E-state index contributed by atoms with van der Waals surface area (Å²) >= 11 is 0. The van der Waals surface area contributed by atoms with Crippen LogP contribution in [0.3, 0.4) is 0 Å². The van der Waals surface area contributed by atoms with Crippen molar-refractivity contribution in [1.29, 1.82) is 0 Å². The molecule has 7 nitrogen and oxygen atoms in total. The summed E-state index contributed by atoms with van der Waals surface area (Å²) in [4.78, 5) is 25.2. The number of nitrogens with zero attached hydrogens (tertiary/aromatic N) is 5. The van der Waals surface area contributed by atoms with E-state index in [1.807, 2.05) is 0 Å². The normalized spacial score (nSPS) is 15.0. The summed E-state index contributed by atoms with van der Waals surface area (Å²) in [5.74, 6) is 0.979. The summed E-state index contributed by atoms with van der Waals surface area (Å²) in [6, 6.07) is 8.60. The number of esters is 1. The Morgan fingerprint density at radius 3 is 2.61 bits per heavy atom. The van der Waals surface area contributed by atoms with E-state index in [0.29, 0.717) is 24.0 Å². The smallest absolute Gasteiger partial charge is 0.341 e. The average Bonchev–Trinajstić information content (AvgIpc) is 3.10. The molecule has 3 heterocycles. The monoisotopic (exact) mass is 421 g/mol. The number of ether oxygens (including phenoxy) is 1. The number of para-hydroxylation sites is 1. The molecule has 3 aromatic rings. The Hall–Kier alpha value is -2.93. The second kappa shape index (κ2) is 9.47. The second-order valence-corrected chi connectivity index (χ2v) is 8.40. The molecule has 0 atom stereocenters. The minimum absolute atomic E-state index is 0.350. The van der Waals surface area contributed by atoms with Crippen molar-refractivity contribution in [3.05, 3.63) is 54.0 Å². The van der Waals surface area contributed by atoms with Crippen molar-refractivity contribution in [2.45, 2.75) is 26.3 Å². The second-order valence-electron chi connectivity index (χ2n) is 8.40. The molecule has 0 bridgehead atoms. The first kappa shape index (κ1) is 21.3. The maximum atomic E-state index is 11.8. The molecular formula is C24H31N5O2. The zero-order valence-electron chi connectivity index (χ0n) is 18.6. The lowest BCUT2D eigenvalue weighted by Gasteiger charge is -2.33. The van der Waals surface area contributed by atoms with Gasteiger partial charge in [0.2, 0.25) is 5.95 Å². The summed E-state index contributed by atoms with van der Waals surface area (Å²) in [6.45, 7) is 6.05. The molecule has 0 amide bonds. The number of anilines is 1. The molecule has 2 aromatic heterocycles. The summed E-state index contributed by atoms with van der Waals surface area (Å²) < 4.78 is 7.21. The Morgan fingerprint density at radius 2 is 1.90 bits per heavy atom. The van der Waals surface area contributed by atoms with Gasteiger partial charge in [-0.2, -0.15) is 0 Å². The topological polar surface area (TPSA) is 63.5 Å². The highest BCUT2D eigenvalue weighted by Crippen LogP contribution is 2.24. The zero-order valence-corrected chi connectivity index (χ0v) is 18.6. The van der Waals surface area contributed by atoms with Gasteiger partial charge >= 0.3 is 5.97 Å². The van der Waals surface area contributed by atoms with Crippen LogP contribution < -0.4 is 4.90 Å². The van der Waals surface area contributed by atoms with Crippen molar-refractivity contribution in [3.63, 3.8) is 0 Å². The molecule has 1 saturated heterocycles. The number of aromatic nitrogens is 3. The van der Waals surface area contributed by atoms with Crippen LogP contribution in [0.5, 0.6) is 0 Å². The van der Waals surface area contributed by atoms with Crippen LogP contribution in [0.15, 0.2) is 42.9 Å². The van der Waals surface area contributed by atoms with Crippen LogP contribution in [0, 0.1) is 5.92 Å². The maximum absolute atomic E-state index is 11.8. The molecule has 4 rings (SSSR count). The van der Waals surface area contributed by atoms with Crippen molar-refractivity contribution >= 4 is 22.8 Å². The van der Waals surface area contributed by atoms with Gasteiger partial charge in [-0.3, -0.25) is 0 Å². The van der Waals surface area contributed by atoms with E-state index in [4.69, 9.17) is 4.74 Å². The standard InChI is InChI=1S/C24H31N5O2/c1-4-31-23(30)19-13-25-24(26-14-19)29-11-9-18(10-12-29)15-27(2)16-20-17-28(3)22-8-6-5-7-21(20)22/h5-8,13-14,17-18H,4,9-12,15-16H2,1-3H3. The molecule has 1 aromatic carbocycles. The van der Waals surface area contributed by atoms with Gasteiger partial charge in [0.05, 0.1) is 12.2 Å². The van der Waals surface area contributed by atoms with Crippen molar-refractivity contribution in [3.8, 4) is 0 Å². The lowest BCUT2D eigenvalue weighted by molar-refractivity contribution is 0.0525. The minimum atomic E-state index is -0.373. The molecule has 7 heteroatoms. The Balaban J connectivity index is 1.29. The summed E-state index contributed by atoms with van der Waals surface area (Å²) in [5.41, 5.74) is 3.07. The van der Waals surface area contributed by atoms with Gasteiger partial charge in [0, 0.05) is 62.7 Å². The summed E-state index contributed by atoms with van der Waals surface area (Å²) in [5, 5.41) is 1.34. The Bertz CT molecular complexity index is 1020. The van der Waals surface area contributed by atoms with Gasteiger partial charge in [-0.05, 0) is 44.4 Å². The molecule has 0 N–H and O–H groups in total. The first-order chi connectivity index (χ1) is 15.0. The van der Waals surface area contributed by atoms with E-state index >= 15 is 0 Å². The number of piperidine rings is 1. The minimum Gasteiger partial charge on any atom is -0.462 e. The van der Waals surface area contributed by atoms with Gasteiger partial charge < -0.3 is 19.1 Å². The predicted octanol–water partition coefficient (Wildman–Crippen LogP) is 3.49. The number of benzene rings is 1. The van der Waals surface area contributed by atoms with E-state index in [2.05, 4.69) is 68.9 Å². The fraction of sp³-hybridized carbons (Fsp3) is 0.458. The number of carbonyl (C=O) groups excluding carboxylic acids is 1. The predicted molar refractivity (Wildman–Crippen MR) is 122 cm³/mol. The third-order valence-electron chi connectivity index (χ3n) is 6.04. The highest BCUT2D eigenvalue weighted by atomic mass is 16.5. The number of hydrogen-bond donors (Lipinski definition) is 0. The molecule has 0 saturated carbocycles. The number of hydrogen-bond acceptors (Lipinski definition) is 6. The van der Waals surface area contributed by atoms with Crippen LogP contribution in [-0.2, 0) is 18.3 Å². The quantitative estimate of drug-likeness (QED) is 0.544. The fourth-order valence-corrected chi connectivity index (χ4v) is 4.47. The van der Waals surface area contributed by atoms with E-state index in [9.17, 15) is 4.79 Å². The lowest BCUT2D eigenvalue weighted by atomic mass is 9.96. The van der Waals surface area contributed by atoms with Gasteiger partial charge in [-0.25, -0.2) is 14.8 Å². The van der Waals surface area contributed by atoms with Gasteiger partial charge in [0.1, 0.15) is 0 Å². The van der Waals surface area contributed by atoms with Gasteiger partial charge in [-0.1, -0.05) is 18.2 Å². The van der Waals surface area contributed by atoms with Crippen LogP contribution >= 0.6 is 0 Å². The third kappa shape index (κ3) is 4.88. The Morgan fingerprint density at radius 1 is 1.19 bits per heavy atom. The van der Waals surface area contributed by atoms with Crippen LogP contribution in [0.2, 0.25) is 0 Å². The van der Waals surface area contributed by atoms with Crippen molar-refractivity contribution < 1.29 is 9.53 Å². The van der Waals surface area contributed by atoms with Gasteiger partial charge in [0.25, 0.3) is 0 Å². The molecule has 0 aliphatic carbocycles. The molecular weight excluding hydrogens is 390 g/mol. The summed E-state index contributed by atoms with van der Waals surface area (Å²) in [7, 11) is 4.33. The zero-order chi connectivity index (χ0) is 21.8.